The Labute approximate surface area is 106 Å². The summed E-state index contributed by atoms with van der Waals surface area (Å²) in [6, 6.07) is 3.17. The molecule has 1 fully saturated rings. The van der Waals surface area contributed by atoms with Crippen molar-refractivity contribution in [1.29, 1.82) is 0 Å². The summed E-state index contributed by atoms with van der Waals surface area (Å²) < 4.78 is 0. The number of nitrogens with one attached hydrogen (secondary N) is 1. The highest BCUT2D eigenvalue weighted by Gasteiger charge is 2.22. The van der Waals surface area contributed by atoms with Gasteiger partial charge in [0.1, 0.15) is 5.82 Å². The third kappa shape index (κ3) is 2.69. The Kier molecular flexibility index (Phi) is 3.96. The maximum atomic E-state index is 11.1. The third-order valence-electron chi connectivity index (χ3n) is 3.21. The molecule has 0 amide bonds. The Hall–Kier alpha value is -1.85. The van der Waals surface area contributed by atoms with Crippen molar-refractivity contribution in [3.05, 3.63) is 22.2 Å². The highest BCUT2D eigenvalue weighted by molar-refractivity contribution is 5.61. The summed E-state index contributed by atoms with van der Waals surface area (Å²) in [4.78, 5) is 17.1. The number of nitro groups is 1. The average molecular weight is 250 g/mol. The second kappa shape index (κ2) is 5.66. The molecule has 0 atom stereocenters. The van der Waals surface area contributed by atoms with Gasteiger partial charge in [0.2, 0.25) is 5.82 Å². The van der Waals surface area contributed by atoms with Gasteiger partial charge in [0.15, 0.2) is 0 Å². The lowest BCUT2D eigenvalue weighted by Gasteiger charge is -2.21. The van der Waals surface area contributed by atoms with E-state index in [1.165, 1.54) is 18.9 Å². The van der Waals surface area contributed by atoms with Crippen molar-refractivity contribution in [1.82, 2.24) is 4.98 Å². The maximum Gasteiger partial charge on any atom is 0.311 e. The summed E-state index contributed by atoms with van der Waals surface area (Å²) in [5, 5.41) is 14.0. The smallest absolute Gasteiger partial charge is 0.311 e. The fourth-order valence-electron chi connectivity index (χ4n) is 2.24. The molecule has 1 aromatic heterocycles. The molecule has 6 nitrogen and oxygen atoms in total. The van der Waals surface area contributed by atoms with E-state index in [0.29, 0.717) is 11.6 Å². The second-order valence-electron chi connectivity index (χ2n) is 4.45. The molecular formula is C12H18N4O2. The molecule has 0 unspecified atom stereocenters. The highest BCUT2D eigenvalue weighted by atomic mass is 16.6. The Balaban J connectivity index is 2.35. The van der Waals surface area contributed by atoms with Crippen LogP contribution in [-0.4, -0.2) is 30.0 Å². The van der Waals surface area contributed by atoms with Gasteiger partial charge in [0, 0.05) is 26.2 Å². The minimum Gasteiger partial charge on any atom is -0.373 e. The Morgan fingerprint density at radius 1 is 1.28 bits per heavy atom. The lowest BCUT2D eigenvalue weighted by atomic mass is 10.2. The van der Waals surface area contributed by atoms with E-state index in [2.05, 4.69) is 10.3 Å². The molecule has 0 spiro atoms. The standard InChI is InChI=1S/C12H18N4O2/c1-13-11-7-6-10(16(17)18)12(14-11)15-8-4-2-3-5-9-15/h6-7H,2-5,8-9H2,1H3,(H,13,14). The van der Waals surface area contributed by atoms with E-state index >= 15 is 0 Å². The molecule has 2 heterocycles. The van der Waals surface area contributed by atoms with Crippen LogP contribution < -0.4 is 10.2 Å². The van der Waals surface area contributed by atoms with Crippen molar-refractivity contribution in [2.45, 2.75) is 25.7 Å². The second-order valence-corrected chi connectivity index (χ2v) is 4.45. The molecule has 1 N–H and O–H groups in total. The van der Waals surface area contributed by atoms with E-state index in [4.69, 9.17) is 0 Å². The van der Waals surface area contributed by atoms with Crippen LogP contribution in [0.15, 0.2) is 12.1 Å². The van der Waals surface area contributed by atoms with Gasteiger partial charge in [-0.15, -0.1) is 0 Å². The monoisotopic (exact) mass is 250 g/mol. The first kappa shape index (κ1) is 12.6. The van der Waals surface area contributed by atoms with Crippen molar-refractivity contribution in [2.24, 2.45) is 0 Å². The number of aromatic nitrogens is 1. The zero-order valence-corrected chi connectivity index (χ0v) is 10.6. The number of nitrogens with zero attached hydrogens (tertiary/aromatic N) is 3. The summed E-state index contributed by atoms with van der Waals surface area (Å²) in [5.41, 5.74) is 0.0934. The molecule has 0 aliphatic carbocycles. The van der Waals surface area contributed by atoms with Gasteiger partial charge in [0.25, 0.3) is 0 Å². The number of hydrogen-bond donors (Lipinski definition) is 1. The zero-order chi connectivity index (χ0) is 13.0. The molecule has 98 valence electrons. The quantitative estimate of drug-likeness (QED) is 0.659. The Morgan fingerprint density at radius 2 is 1.94 bits per heavy atom. The van der Waals surface area contributed by atoms with Crippen molar-refractivity contribution in [3.63, 3.8) is 0 Å². The fraction of sp³-hybridized carbons (Fsp3) is 0.583. The molecule has 1 aromatic rings. The van der Waals surface area contributed by atoms with Gasteiger partial charge in [-0.05, 0) is 18.9 Å². The number of anilines is 2. The van der Waals surface area contributed by atoms with Gasteiger partial charge in [0.05, 0.1) is 4.92 Å². The predicted molar refractivity (Wildman–Crippen MR) is 71.1 cm³/mol. The van der Waals surface area contributed by atoms with Crippen LogP contribution in [0.5, 0.6) is 0 Å². The van der Waals surface area contributed by atoms with Gasteiger partial charge in [-0.25, -0.2) is 4.98 Å². The number of hydrogen-bond acceptors (Lipinski definition) is 5. The molecule has 2 rings (SSSR count). The van der Waals surface area contributed by atoms with E-state index in [9.17, 15) is 10.1 Å². The zero-order valence-electron chi connectivity index (χ0n) is 10.6. The van der Waals surface area contributed by atoms with Crippen molar-refractivity contribution < 1.29 is 4.92 Å². The van der Waals surface area contributed by atoms with Gasteiger partial charge < -0.3 is 10.2 Å². The van der Waals surface area contributed by atoms with Crippen molar-refractivity contribution >= 4 is 17.3 Å². The first-order valence-corrected chi connectivity index (χ1v) is 6.30. The van der Waals surface area contributed by atoms with E-state index in [-0.39, 0.29) is 10.6 Å². The molecule has 1 aliphatic heterocycles. The lowest BCUT2D eigenvalue weighted by Crippen LogP contribution is -2.26. The first-order valence-electron chi connectivity index (χ1n) is 6.30. The average Bonchev–Trinajstić information content (AvgIpc) is 2.66. The molecule has 1 aliphatic rings. The molecular weight excluding hydrogens is 232 g/mol. The Morgan fingerprint density at radius 3 is 2.50 bits per heavy atom. The summed E-state index contributed by atoms with van der Waals surface area (Å²) >= 11 is 0. The molecule has 0 radical (unpaired) electrons. The number of rotatable bonds is 3. The molecule has 0 saturated carbocycles. The van der Waals surface area contributed by atoms with E-state index in [1.54, 1.807) is 13.1 Å². The maximum absolute atomic E-state index is 11.1. The largest absolute Gasteiger partial charge is 0.373 e. The minimum atomic E-state index is -0.354. The normalized spacial score (nSPS) is 16.2. The summed E-state index contributed by atoms with van der Waals surface area (Å²) in [6.07, 6.45) is 4.53. The SMILES string of the molecule is CNc1ccc([N+](=O)[O-])c(N2CCCCCC2)n1. The number of pyridine rings is 1. The summed E-state index contributed by atoms with van der Waals surface area (Å²) in [6.45, 7) is 1.70. The minimum absolute atomic E-state index is 0.0934. The first-order chi connectivity index (χ1) is 8.72. The van der Waals surface area contributed by atoms with Gasteiger partial charge in [-0.3, -0.25) is 10.1 Å². The Bertz CT molecular complexity index is 428. The van der Waals surface area contributed by atoms with Gasteiger partial charge in [-0.1, -0.05) is 12.8 Å². The molecule has 6 heteroatoms. The highest BCUT2D eigenvalue weighted by Crippen LogP contribution is 2.29. The van der Waals surface area contributed by atoms with Crippen LogP contribution >= 0.6 is 0 Å². The van der Waals surface area contributed by atoms with Crippen LogP contribution in [0.1, 0.15) is 25.7 Å². The van der Waals surface area contributed by atoms with Gasteiger partial charge >= 0.3 is 5.69 Å². The molecule has 18 heavy (non-hydrogen) atoms. The summed E-state index contributed by atoms with van der Waals surface area (Å²) in [7, 11) is 1.76. The van der Waals surface area contributed by atoms with Crippen LogP contribution in [0.2, 0.25) is 0 Å². The van der Waals surface area contributed by atoms with Crippen molar-refractivity contribution in [3.8, 4) is 0 Å². The predicted octanol–water partition coefficient (Wildman–Crippen LogP) is 2.41. The van der Waals surface area contributed by atoms with Crippen LogP contribution in [-0.2, 0) is 0 Å². The van der Waals surface area contributed by atoms with Crippen LogP contribution in [0.25, 0.3) is 0 Å². The van der Waals surface area contributed by atoms with E-state index in [0.717, 1.165) is 25.9 Å². The molecule has 0 bridgehead atoms. The van der Waals surface area contributed by atoms with E-state index < -0.39 is 0 Å². The molecule has 0 aromatic carbocycles. The van der Waals surface area contributed by atoms with E-state index in [1.807, 2.05) is 4.90 Å². The van der Waals surface area contributed by atoms with Crippen LogP contribution in [0.4, 0.5) is 17.3 Å². The molecule has 1 saturated heterocycles. The van der Waals surface area contributed by atoms with Crippen LogP contribution in [0.3, 0.4) is 0 Å². The van der Waals surface area contributed by atoms with Gasteiger partial charge in [-0.2, -0.15) is 0 Å². The third-order valence-corrected chi connectivity index (χ3v) is 3.21. The topological polar surface area (TPSA) is 71.3 Å². The summed E-state index contributed by atoms with van der Waals surface area (Å²) in [5.74, 6) is 1.16. The van der Waals surface area contributed by atoms with Crippen molar-refractivity contribution in [2.75, 3.05) is 30.4 Å². The lowest BCUT2D eigenvalue weighted by molar-refractivity contribution is -0.384. The van der Waals surface area contributed by atoms with Crippen LogP contribution in [0, 0.1) is 10.1 Å². The fourth-order valence-corrected chi connectivity index (χ4v) is 2.24.